The quantitative estimate of drug-likeness (QED) is 0.150. The summed E-state index contributed by atoms with van der Waals surface area (Å²) in [6.45, 7) is 0.617. The number of nitrogens with two attached hydrogens (primary N) is 1. The lowest BCUT2D eigenvalue weighted by molar-refractivity contribution is -0.163. The minimum Gasteiger partial charge on any atom is -0.395 e. The van der Waals surface area contributed by atoms with E-state index < -0.39 is 33.3 Å². The zero-order chi connectivity index (χ0) is 38.4. The highest BCUT2D eigenvalue weighted by Crippen LogP contribution is 2.42. The Morgan fingerprint density at radius 2 is 1.76 bits per heavy atom. The number of sulfone groups is 1. The first-order valence-corrected chi connectivity index (χ1v) is 21.1. The minimum atomic E-state index is -3.29. The lowest BCUT2D eigenvalue weighted by Crippen LogP contribution is -2.44. The molecule has 2 aliphatic carbocycles. The summed E-state index contributed by atoms with van der Waals surface area (Å²) in [4.78, 5) is 31.9. The molecule has 4 N–H and O–H groups in total. The van der Waals surface area contributed by atoms with Gasteiger partial charge in [-0.25, -0.2) is 18.0 Å². The summed E-state index contributed by atoms with van der Waals surface area (Å²) in [5.41, 5.74) is 16.6. The number of hydrogen-bond donors (Lipinski definition) is 3. The molecule has 1 aromatic heterocycles. The lowest BCUT2D eigenvalue weighted by atomic mass is 9.78. The van der Waals surface area contributed by atoms with Crippen LogP contribution >= 0.6 is 11.3 Å². The highest BCUT2D eigenvalue weighted by Gasteiger charge is 2.26. The topological polar surface area (TPSA) is 148 Å². The number of aryl methyl sites for hydroxylation is 1. The molecule has 0 bridgehead atoms. The van der Waals surface area contributed by atoms with Crippen molar-refractivity contribution < 1.29 is 32.7 Å². The number of allylic oxidation sites excluding steroid dienone is 3. The van der Waals surface area contributed by atoms with Crippen molar-refractivity contribution in [1.29, 1.82) is 0 Å². The summed E-state index contributed by atoms with van der Waals surface area (Å²) < 4.78 is 28.1. The summed E-state index contributed by atoms with van der Waals surface area (Å²) in [5.74, 6) is -0.608. The number of anilines is 1. The molecule has 1 fully saturated rings. The summed E-state index contributed by atoms with van der Waals surface area (Å²) in [5, 5.41) is 13.5. The molecule has 4 aliphatic rings. The van der Waals surface area contributed by atoms with Gasteiger partial charge in [-0.15, -0.1) is 11.3 Å². The second kappa shape index (κ2) is 17.3. The van der Waals surface area contributed by atoms with Crippen LogP contribution in [0.3, 0.4) is 0 Å². The average molecular weight is 780 g/mol. The van der Waals surface area contributed by atoms with Crippen LogP contribution in [-0.2, 0) is 43.5 Å². The number of hydroxylamine groups is 1. The Balaban J connectivity index is 0.000000333. The molecule has 8 rings (SSSR count). The highest BCUT2D eigenvalue weighted by molar-refractivity contribution is 7.95. The maximum Gasteiger partial charge on any atom is 0.346 e. The van der Waals surface area contributed by atoms with Crippen molar-refractivity contribution in [3.63, 3.8) is 0 Å². The molecular weight excluding hydrogens is 735 g/mol. The van der Waals surface area contributed by atoms with Gasteiger partial charge in [-0.05, 0) is 107 Å². The number of rotatable bonds is 9. The van der Waals surface area contributed by atoms with E-state index in [4.69, 9.17) is 15.3 Å². The van der Waals surface area contributed by atoms with E-state index in [0.717, 1.165) is 60.8 Å². The van der Waals surface area contributed by atoms with Gasteiger partial charge in [0.25, 0.3) is 0 Å². The van der Waals surface area contributed by atoms with Gasteiger partial charge in [0, 0.05) is 41.2 Å². The van der Waals surface area contributed by atoms with Gasteiger partial charge in [-0.1, -0.05) is 72.8 Å². The average Bonchev–Trinajstić information content (AvgIpc) is 3.71. The molecule has 0 radical (unpaired) electrons. The van der Waals surface area contributed by atoms with Gasteiger partial charge in [-0.3, -0.25) is 4.79 Å². The summed E-state index contributed by atoms with van der Waals surface area (Å²) in [7, 11) is -3.29. The number of primary amides is 1. The SMILES string of the molecule is NC(=O)CC1C=CC=CS1(=O)=O.O=C(NCCO)N(O[C@H]1CCCCO1)c1cccc(-c2ccc(C3=Cc4ccc5c(c4CC3)CCc3ccccc3-5)s2)c1. The number of benzene rings is 3. The first-order chi connectivity index (χ1) is 26.7. The van der Waals surface area contributed by atoms with Gasteiger partial charge in [0.15, 0.2) is 16.1 Å². The highest BCUT2D eigenvalue weighted by atomic mass is 32.2. The van der Waals surface area contributed by atoms with Gasteiger partial charge in [0.2, 0.25) is 5.91 Å². The van der Waals surface area contributed by atoms with Crippen LogP contribution in [0.5, 0.6) is 0 Å². The molecule has 3 amide bonds. The summed E-state index contributed by atoms with van der Waals surface area (Å²) in [6.07, 6.45) is 13.3. The van der Waals surface area contributed by atoms with E-state index in [-0.39, 0.29) is 19.6 Å². The number of hydrogen-bond acceptors (Lipinski definition) is 8. The Bertz CT molecular complexity index is 2250. The first-order valence-electron chi connectivity index (χ1n) is 18.7. The zero-order valence-electron chi connectivity index (χ0n) is 30.5. The lowest BCUT2D eigenvalue weighted by Gasteiger charge is -2.29. The number of aliphatic hydroxyl groups excluding tert-OH is 1. The fraction of sp³-hybridized carbons (Fsp3) is 0.302. The third-order valence-corrected chi connectivity index (χ3v) is 13.1. The number of aliphatic hydroxyl groups is 1. The van der Waals surface area contributed by atoms with Crippen LogP contribution in [0.1, 0.15) is 59.2 Å². The Hall–Kier alpha value is -4.85. The molecule has 3 aromatic carbocycles. The van der Waals surface area contributed by atoms with Gasteiger partial charge in [0.05, 0.1) is 17.5 Å². The first kappa shape index (κ1) is 38.4. The van der Waals surface area contributed by atoms with Crippen LogP contribution in [0.15, 0.2) is 96.4 Å². The molecule has 1 saturated heterocycles. The minimum absolute atomic E-state index is 0.145. The Morgan fingerprint density at radius 3 is 2.56 bits per heavy atom. The molecule has 0 saturated carbocycles. The maximum absolute atomic E-state index is 13.0. The molecule has 286 valence electrons. The molecule has 4 aromatic rings. The number of amides is 3. The van der Waals surface area contributed by atoms with Crippen molar-refractivity contribution in [1.82, 2.24) is 5.32 Å². The number of fused-ring (bicyclic) bond motifs is 5. The maximum atomic E-state index is 13.0. The van der Waals surface area contributed by atoms with Crippen LogP contribution in [0, 0.1) is 0 Å². The summed E-state index contributed by atoms with van der Waals surface area (Å²) in [6, 6.07) is 25.3. The number of carbonyl (C=O) groups is 2. The third-order valence-electron chi connectivity index (χ3n) is 10.1. The van der Waals surface area contributed by atoms with Crippen LogP contribution in [-0.4, -0.2) is 56.8 Å². The fourth-order valence-corrected chi connectivity index (χ4v) is 9.68. The van der Waals surface area contributed by atoms with Gasteiger partial charge < -0.3 is 20.9 Å². The van der Waals surface area contributed by atoms with E-state index in [0.29, 0.717) is 12.3 Å². The number of nitrogens with zero attached hydrogens (tertiary/aromatic N) is 1. The van der Waals surface area contributed by atoms with E-state index in [1.54, 1.807) is 17.4 Å². The third kappa shape index (κ3) is 9.01. The molecule has 3 heterocycles. The molecule has 0 spiro atoms. The zero-order valence-corrected chi connectivity index (χ0v) is 32.1. The van der Waals surface area contributed by atoms with Crippen LogP contribution in [0.2, 0.25) is 0 Å². The second-order valence-corrected chi connectivity index (χ2v) is 17.0. The monoisotopic (exact) mass is 779 g/mol. The van der Waals surface area contributed by atoms with Crippen molar-refractivity contribution >= 4 is 50.4 Å². The van der Waals surface area contributed by atoms with E-state index in [1.165, 1.54) is 61.0 Å². The molecule has 2 aliphatic heterocycles. The van der Waals surface area contributed by atoms with Crippen molar-refractivity contribution in [3.05, 3.63) is 124 Å². The van der Waals surface area contributed by atoms with Crippen molar-refractivity contribution in [3.8, 4) is 21.6 Å². The predicted octanol–water partition coefficient (Wildman–Crippen LogP) is 7.36. The molecule has 12 heteroatoms. The van der Waals surface area contributed by atoms with Crippen molar-refractivity contribution in [2.45, 2.75) is 62.9 Å². The number of ether oxygens (including phenoxy) is 1. The Morgan fingerprint density at radius 1 is 0.927 bits per heavy atom. The standard InChI is InChI=1S/C36H36N2O4S.C7H9NO3S/c39-20-19-37-36(40)38(42-35-10-3-4-21-41-35)28-8-5-7-26(23-28)33-17-18-34(43-33)27-13-14-30-25(22-27)12-16-31-29-9-2-1-6-24(29)11-15-32(30)31;8-7(9)5-6-3-1-2-4-12(6,10)11/h1-2,5-9,12,16-18,22-23,35,39H,3-4,10-11,13-15,19-21H2,(H,37,40);1-4,6H,5H2,(H2,8,9)/t35-;/m0./s1. The number of thiophene rings is 1. The van der Waals surface area contributed by atoms with Crippen molar-refractivity contribution in [2.75, 3.05) is 24.8 Å². The Labute approximate surface area is 325 Å². The number of nitrogens with one attached hydrogen (secondary N) is 1. The predicted molar refractivity (Wildman–Crippen MR) is 218 cm³/mol. The molecular formula is C43H45N3O7S2. The van der Waals surface area contributed by atoms with Crippen LogP contribution in [0.25, 0.3) is 33.2 Å². The smallest absolute Gasteiger partial charge is 0.346 e. The van der Waals surface area contributed by atoms with Crippen LogP contribution in [0.4, 0.5) is 10.5 Å². The number of carbonyl (C=O) groups excluding carboxylic acids is 2. The number of urea groups is 1. The fourth-order valence-electron chi connectivity index (χ4n) is 7.41. The van der Waals surface area contributed by atoms with Gasteiger partial charge in [-0.2, -0.15) is 5.06 Å². The van der Waals surface area contributed by atoms with E-state index in [2.05, 4.69) is 66.0 Å². The molecule has 55 heavy (non-hydrogen) atoms. The van der Waals surface area contributed by atoms with E-state index in [9.17, 15) is 23.1 Å². The summed E-state index contributed by atoms with van der Waals surface area (Å²) >= 11 is 1.78. The molecule has 10 nitrogen and oxygen atoms in total. The van der Waals surface area contributed by atoms with Crippen molar-refractivity contribution in [2.24, 2.45) is 5.73 Å². The molecule has 1 unspecified atom stereocenters. The van der Waals surface area contributed by atoms with E-state index in [1.807, 2.05) is 18.2 Å². The Kier molecular flexibility index (Phi) is 12.1. The molecule has 2 atom stereocenters. The second-order valence-electron chi connectivity index (χ2n) is 13.9. The normalized spacial score (nSPS) is 19.1. The van der Waals surface area contributed by atoms with Crippen LogP contribution < -0.4 is 16.1 Å². The van der Waals surface area contributed by atoms with Gasteiger partial charge >= 0.3 is 6.03 Å². The largest absolute Gasteiger partial charge is 0.395 e. The van der Waals surface area contributed by atoms with E-state index >= 15 is 0 Å². The van der Waals surface area contributed by atoms with Gasteiger partial charge in [0.1, 0.15) is 0 Å².